The van der Waals surface area contributed by atoms with Crippen LogP contribution in [-0.2, 0) is 19.2 Å². The highest BCUT2D eigenvalue weighted by atomic mass is 35.5. The number of fused-ring (bicyclic) bond motifs is 1. The van der Waals surface area contributed by atoms with Crippen LogP contribution in [0.25, 0.3) is 22.0 Å². The third-order valence-electron chi connectivity index (χ3n) is 6.20. The molecule has 174 valence electrons. The van der Waals surface area contributed by atoms with Crippen LogP contribution >= 0.6 is 11.6 Å². The maximum absolute atomic E-state index is 12.4. The summed E-state index contributed by atoms with van der Waals surface area (Å²) in [5.41, 5.74) is 2.83. The largest absolute Gasteiger partial charge is 0.374 e. The molecular formula is C27H21ClN4O3. The van der Waals surface area contributed by atoms with Crippen LogP contribution in [0, 0.1) is 4.91 Å². The zero-order valence-corrected chi connectivity index (χ0v) is 19.5. The average Bonchev–Trinajstić information content (AvgIpc) is 3.30. The first kappa shape index (κ1) is 22.7. The standard InChI is InChI=1S/C27H21ClN4O3/c1-32-16-29-15-25(32)27(34,19-7-5-17(6-8-19)14-30-35)20-9-10-24-23(12-20)22(13-26(33)31-24)18-3-2-4-21(28)11-18/h2-13,15-16,34H,14H2,1H3,(H,31,33). The summed E-state index contributed by atoms with van der Waals surface area (Å²) in [7, 11) is 1.81. The van der Waals surface area contributed by atoms with E-state index in [1.165, 1.54) is 6.07 Å². The topological polar surface area (TPSA) is 100 Å². The second kappa shape index (κ2) is 8.94. The Balaban J connectivity index is 1.77. The van der Waals surface area contributed by atoms with E-state index in [0.717, 1.165) is 16.5 Å². The third-order valence-corrected chi connectivity index (χ3v) is 6.44. The van der Waals surface area contributed by atoms with E-state index in [4.69, 9.17) is 11.6 Å². The molecule has 5 rings (SSSR count). The molecule has 2 aromatic heterocycles. The number of nitroso groups, excluding NO2 is 1. The normalized spacial score (nSPS) is 13.0. The molecule has 2 N–H and O–H groups in total. The molecule has 0 saturated carbocycles. The van der Waals surface area contributed by atoms with Gasteiger partial charge in [0.15, 0.2) is 5.60 Å². The molecule has 8 heteroatoms. The maximum atomic E-state index is 12.4. The number of aryl methyl sites for hydroxylation is 1. The monoisotopic (exact) mass is 484 g/mol. The molecule has 2 heterocycles. The van der Waals surface area contributed by atoms with Crippen molar-refractivity contribution >= 4 is 22.5 Å². The second-order valence-corrected chi connectivity index (χ2v) is 8.84. The van der Waals surface area contributed by atoms with Crippen LogP contribution in [0.15, 0.2) is 95.3 Å². The fourth-order valence-electron chi connectivity index (χ4n) is 4.47. The molecule has 35 heavy (non-hydrogen) atoms. The van der Waals surface area contributed by atoms with E-state index in [-0.39, 0.29) is 12.1 Å². The minimum absolute atomic E-state index is 0.0523. The number of hydrogen-bond donors (Lipinski definition) is 2. The van der Waals surface area contributed by atoms with Crippen molar-refractivity contribution < 1.29 is 5.11 Å². The van der Waals surface area contributed by atoms with E-state index in [2.05, 4.69) is 15.1 Å². The van der Waals surface area contributed by atoms with Crippen molar-refractivity contribution in [1.82, 2.24) is 14.5 Å². The lowest BCUT2D eigenvalue weighted by molar-refractivity contribution is 0.117. The lowest BCUT2D eigenvalue weighted by Crippen LogP contribution is -2.31. The lowest BCUT2D eigenvalue weighted by Gasteiger charge is -2.30. The zero-order valence-electron chi connectivity index (χ0n) is 18.8. The minimum atomic E-state index is -1.56. The first-order valence-electron chi connectivity index (χ1n) is 10.9. The van der Waals surface area contributed by atoms with Gasteiger partial charge in [0.1, 0.15) is 6.54 Å². The van der Waals surface area contributed by atoms with Crippen molar-refractivity contribution in [1.29, 1.82) is 0 Å². The van der Waals surface area contributed by atoms with Gasteiger partial charge in [-0.2, -0.15) is 4.91 Å². The van der Waals surface area contributed by atoms with Crippen LogP contribution in [0.5, 0.6) is 0 Å². The molecule has 1 unspecified atom stereocenters. The number of hydrogen-bond acceptors (Lipinski definition) is 5. The van der Waals surface area contributed by atoms with Crippen molar-refractivity contribution in [3.8, 4) is 11.1 Å². The van der Waals surface area contributed by atoms with Gasteiger partial charge >= 0.3 is 0 Å². The average molecular weight is 485 g/mol. The molecule has 0 aliphatic rings. The Morgan fingerprint density at radius 3 is 2.51 bits per heavy atom. The first-order valence-corrected chi connectivity index (χ1v) is 11.3. The number of halogens is 1. The molecule has 0 fully saturated rings. The summed E-state index contributed by atoms with van der Waals surface area (Å²) in [5.74, 6) is 0. The molecule has 0 bridgehead atoms. The van der Waals surface area contributed by atoms with Gasteiger partial charge in [0.25, 0.3) is 0 Å². The number of aliphatic hydroxyl groups is 1. The number of pyridine rings is 1. The Morgan fingerprint density at radius 1 is 1.06 bits per heavy atom. The number of H-pyrrole nitrogens is 1. The van der Waals surface area contributed by atoms with Gasteiger partial charge in [0, 0.05) is 29.0 Å². The Kier molecular flexibility index (Phi) is 5.80. The van der Waals surface area contributed by atoms with Gasteiger partial charge in [-0.1, -0.05) is 59.2 Å². The number of rotatable bonds is 6. The highest BCUT2D eigenvalue weighted by Gasteiger charge is 2.36. The van der Waals surface area contributed by atoms with Crippen molar-refractivity contribution in [3.63, 3.8) is 0 Å². The fraction of sp³-hybridized carbons (Fsp3) is 0.111. The Morgan fingerprint density at radius 2 is 1.83 bits per heavy atom. The maximum Gasteiger partial charge on any atom is 0.249 e. The molecular weight excluding hydrogens is 464 g/mol. The van der Waals surface area contributed by atoms with Gasteiger partial charge in [-0.15, -0.1) is 0 Å². The Labute approximate surface area is 205 Å². The van der Waals surface area contributed by atoms with Crippen LogP contribution in [0.2, 0.25) is 5.02 Å². The number of nitrogens with zero attached hydrogens (tertiary/aromatic N) is 3. The highest BCUT2D eigenvalue weighted by molar-refractivity contribution is 6.30. The SMILES string of the molecule is Cn1cncc1C(O)(c1ccc(CN=O)cc1)c1ccc2[nH]c(=O)cc(-c3cccc(Cl)c3)c2c1. The number of aromatic nitrogens is 3. The number of aromatic amines is 1. The van der Waals surface area contributed by atoms with Crippen molar-refractivity contribution in [3.05, 3.63) is 128 Å². The third kappa shape index (κ3) is 4.05. The predicted octanol–water partition coefficient (Wildman–Crippen LogP) is 5.13. The molecule has 3 aromatic carbocycles. The van der Waals surface area contributed by atoms with Crippen LogP contribution < -0.4 is 5.56 Å². The molecule has 0 amide bonds. The minimum Gasteiger partial charge on any atom is -0.374 e. The smallest absolute Gasteiger partial charge is 0.249 e. The molecule has 0 radical (unpaired) electrons. The summed E-state index contributed by atoms with van der Waals surface area (Å²) in [6.45, 7) is 0.0523. The highest BCUT2D eigenvalue weighted by Crippen LogP contribution is 2.39. The van der Waals surface area contributed by atoms with E-state index in [0.29, 0.717) is 32.9 Å². The van der Waals surface area contributed by atoms with Gasteiger partial charge in [-0.3, -0.25) is 4.79 Å². The Bertz CT molecular complexity index is 1610. The van der Waals surface area contributed by atoms with E-state index >= 15 is 0 Å². The van der Waals surface area contributed by atoms with Gasteiger partial charge in [0.05, 0.1) is 18.2 Å². The van der Waals surface area contributed by atoms with E-state index in [9.17, 15) is 14.8 Å². The number of imidazole rings is 1. The molecule has 0 spiro atoms. The quantitative estimate of drug-likeness (QED) is 0.326. The van der Waals surface area contributed by atoms with Crippen LogP contribution in [0.3, 0.4) is 0 Å². The van der Waals surface area contributed by atoms with Crippen LogP contribution in [-0.4, -0.2) is 19.6 Å². The molecule has 0 aliphatic carbocycles. The molecule has 1 atom stereocenters. The Hall–Kier alpha value is -4.07. The summed E-state index contributed by atoms with van der Waals surface area (Å²) >= 11 is 6.23. The molecule has 0 aliphatic heterocycles. The zero-order chi connectivity index (χ0) is 24.6. The van der Waals surface area contributed by atoms with Gasteiger partial charge < -0.3 is 14.7 Å². The fourth-order valence-corrected chi connectivity index (χ4v) is 4.66. The summed E-state index contributed by atoms with van der Waals surface area (Å²) in [6.07, 6.45) is 3.25. The predicted molar refractivity (Wildman–Crippen MR) is 136 cm³/mol. The van der Waals surface area contributed by atoms with Crippen LogP contribution in [0.4, 0.5) is 0 Å². The summed E-state index contributed by atoms with van der Waals surface area (Å²) < 4.78 is 1.76. The lowest BCUT2D eigenvalue weighted by atomic mass is 9.82. The summed E-state index contributed by atoms with van der Waals surface area (Å²) in [6, 6.07) is 21.4. The van der Waals surface area contributed by atoms with Crippen molar-refractivity contribution in [2.24, 2.45) is 12.2 Å². The second-order valence-electron chi connectivity index (χ2n) is 8.40. The molecule has 7 nitrogen and oxygen atoms in total. The van der Waals surface area contributed by atoms with E-state index < -0.39 is 5.60 Å². The molecule has 5 aromatic rings. The first-order chi connectivity index (χ1) is 16.9. The number of nitrogens with one attached hydrogen (secondary N) is 1. The summed E-state index contributed by atoms with van der Waals surface area (Å²) in [4.78, 5) is 30.2. The van der Waals surface area contributed by atoms with E-state index in [1.54, 1.807) is 65.6 Å². The van der Waals surface area contributed by atoms with Gasteiger partial charge in [-0.05, 0) is 52.1 Å². The van der Waals surface area contributed by atoms with Crippen LogP contribution in [0.1, 0.15) is 22.4 Å². The van der Waals surface area contributed by atoms with E-state index in [1.807, 2.05) is 25.2 Å². The van der Waals surface area contributed by atoms with Gasteiger partial charge in [-0.25, -0.2) is 4.98 Å². The number of benzene rings is 3. The van der Waals surface area contributed by atoms with Crippen molar-refractivity contribution in [2.45, 2.75) is 12.1 Å². The van der Waals surface area contributed by atoms with Crippen molar-refractivity contribution in [2.75, 3.05) is 0 Å². The summed E-state index contributed by atoms with van der Waals surface area (Å²) in [5, 5.41) is 16.6. The van der Waals surface area contributed by atoms with Gasteiger partial charge in [0.2, 0.25) is 5.56 Å². The molecule has 0 saturated heterocycles.